The summed E-state index contributed by atoms with van der Waals surface area (Å²) in [7, 11) is 1.89. The van der Waals surface area contributed by atoms with Crippen LogP contribution < -0.4 is 0 Å². The van der Waals surface area contributed by atoms with Crippen molar-refractivity contribution in [3.8, 4) is 0 Å². The number of hydrogen-bond acceptors (Lipinski definition) is 3. The zero-order valence-corrected chi connectivity index (χ0v) is 11.3. The molecule has 1 aliphatic heterocycles. The first-order valence-corrected chi connectivity index (χ1v) is 6.40. The number of hydrogen-bond donors (Lipinski definition) is 0. The Morgan fingerprint density at radius 2 is 2.00 bits per heavy atom. The molecule has 0 aliphatic carbocycles. The third-order valence-corrected chi connectivity index (χ3v) is 2.81. The van der Waals surface area contributed by atoms with Crippen molar-refractivity contribution in [2.75, 3.05) is 13.6 Å². The summed E-state index contributed by atoms with van der Waals surface area (Å²) in [5, 5.41) is 0. The fourth-order valence-electron chi connectivity index (χ4n) is 1.87. The Morgan fingerprint density at radius 3 is 2.56 bits per heavy atom. The van der Waals surface area contributed by atoms with Crippen LogP contribution in [0.25, 0.3) is 0 Å². The van der Waals surface area contributed by atoms with Gasteiger partial charge >= 0.3 is 0 Å². The highest BCUT2D eigenvalue weighted by Gasteiger charge is 2.25. The van der Waals surface area contributed by atoms with E-state index in [4.69, 9.17) is 4.74 Å². The Labute approximate surface area is 109 Å². The second-order valence-electron chi connectivity index (χ2n) is 4.05. The van der Waals surface area contributed by atoms with E-state index in [0.29, 0.717) is 18.7 Å². The molecule has 1 unspecified atom stereocenters. The number of ether oxygens (including phenoxy) is 1. The molecule has 0 amide bonds. The lowest BCUT2D eigenvalue weighted by atomic mass is 10.2. The summed E-state index contributed by atoms with van der Waals surface area (Å²) in [5.74, 6) is 1.95. The summed E-state index contributed by atoms with van der Waals surface area (Å²) in [6.45, 7) is 5.38. The van der Waals surface area contributed by atoms with Crippen LogP contribution >= 0.6 is 0 Å². The molecule has 2 rings (SSSR count). The minimum atomic E-state index is 0.113. The Balaban J connectivity index is 0.000000771. The molecule has 1 saturated heterocycles. The van der Waals surface area contributed by atoms with E-state index in [1.165, 1.54) is 0 Å². The van der Waals surface area contributed by atoms with Crippen molar-refractivity contribution in [1.82, 2.24) is 4.90 Å². The van der Waals surface area contributed by atoms with Gasteiger partial charge in [-0.25, -0.2) is 4.79 Å². The van der Waals surface area contributed by atoms with Gasteiger partial charge in [-0.15, -0.1) is 0 Å². The molecule has 3 nitrogen and oxygen atoms in total. The average Bonchev–Trinajstić information content (AvgIpc) is 2.80. The maximum Gasteiger partial charge on any atom is 0.145 e. The molecule has 0 aromatic heterocycles. The largest absolute Gasteiger partial charge is 0.371 e. The molecular weight excluding hydrogens is 226 g/mol. The van der Waals surface area contributed by atoms with Crippen LogP contribution in [0, 0.1) is 0 Å². The van der Waals surface area contributed by atoms with Crippen LogP contribution in [0.4, 0.5) is 0 Å². The van der Waals surface area contributed by atoms with Crippen LogP contribution in [0.2, 0.25) is 0 Å². The van der Waals surface area contributed by atoms with Crippen molar-refractivity contribution in [1.29, 1.82) is 0 Å². The molecule has 3 heteroatoms. The maximum atomic E-state index is 10.6. The summed E-state index contributed by atoms with van der Waals surface area (Å²) in [6, 6.07) is 10.1. The van der Waals surface area contributed by atoms with Crippen LogP contribution in [-0.4, -0.2) is 30.5 Å². The Morgan fingerprint density at radius 1 is 1.33 bits per heavy atom. The van der Waals surface area contributed by atoms with Gasteiger partial charge in [0, 0.05) is 20.0 Å². The van der Waals surface area contributed by atoms with Crippen LogP contribution in [0.15, 0.2) is 36.0 Å². The molecule has 18 heavy (non-hydrogen) atoms. The van der Waals surface area contributed by atoms with Crippen LogP contribution in [0.1, 0.15) is 25.8 Å². The smallest absolute Gasteiger partial charge is 0.145 e. The van der Waals surface area contributed by atoms with E-state index in [1.807, 2.05) is 62.1 Å². The van der Waals surface area contributed by atoms with Crippen LogP contribution in [0.3, 0.4) is 0 Å². The summed E-state index contributed by atoms with van der Waals surface area (Å²) in [4.78, 5) is 12.5. The van der Waals surface area contributed by atoms with Gasteiger partial charge in [0.1, 0.15) is 11.6 Å². The number of nitrogens with zero attached hydrogens (tertiary/aromatic N) is 1. The quantitative estimate of drug-likeness (QED) is 0.769. The normalized spacial score (nSPS) is 18.1. The lowest BCUT2D eigenvalue weighted by Gasteiger charge is -2.12. The van der Waals surface area contributed by atoms with E-state index in [9.17, 15) is 4.79 Å². The van der Waals surface area contributed by atoms with Crippen molar-refractivity contribution in [3.63, 3.8) is 0 Å². The second-order valence-corrected chi connectivity index (χ2v) is 4.05. The Kier molecular flexibility index (Phi) is 6.20. The van der Waals surface area contributed by atoms with E-state index in [2.05, 4.69) is 0 Å². The first-order chi connectivity index (χ1) is 8.79. The van der Waals surface area contributed by atoms with E-state index in [0.717, 1.165) is 12.1 Å². The molecule has 0 saturated carbocycles. The number of benzene rings is 1. The Bertz CT molecular complexity index is 396. The second kappa shape index (κ2) is 7.70. The molecule has 0 spiro atoms. The highest BCUT2D eigenvalue weighted by molar-refractivity contribution is 5.52. The van der Waals surface area contributed by atoms with Gasteiger partial charge in [0.25, 0.3) is 0 Å². The highest BCUT2D eigenvalue weighted by atomic mass is 16.5. The third kappa shape index (κ3) is 4.02. The standard InChI is InChI=1S/C13H15NO2.C2H6/c1-14-8-13(7-12(14)9-15)16-10-11-5-3-2-4-6-11;1-2/h2-6,13H,7-8,10H2,1H3;1-2H3. The van der Waals surface area contributed by atoms with Gasteiger partial charge in [0.2, 0.25) is 0 Å². The van der Waals surface area contributed by atoms with E-state index < -0.39 is 0 Å². The topological polar surface area (TPSA) is 29.5 Å². The van der Waals surface area contributed by atoms with Crippen molar-refractivity contribution >= 4 is 5.94 Å². The SMILES string of the molecule is CC.CN1CC(OCc2ccccc2)CC1=C=O. The first-order valence-electron chi connectivity index (χ1n) is 6.40. The molecule has 1 aromatic carbocycles. The molecule has 1 fully saturated rings. The number of carbonyl (C=O) groups excluding carboxylic acids is 1. The molecule has 1 aliphatic rings. The van der Waals surface area contributed by atoms with E-state index in [1.54, 1.807) is 0 Å². The maximum absolute atomic E-state index is 10.6. The minimum Gasteiger partial charge on any atom is -0.371 e. The number of rotatable bonds is 3. The molecular formula is C15H21NO2. The van der Waals surface area contributed by atoms with Gasteiger partial charge in [-0.3, -0.25) is 0 Å². The van der Waals surface area contributed by atoms with Gasteiger partial charge in [-0.2, -0.15) is 0 Å². The summed E-state index contributed by atoms with van der Waals surface area (Å²) in [6.07, 6.45) is 0.786. The molecule has 98 valence electrons. The fraction of sp³-hybridized carbons (Fsp3) is 0.467. The highest BCUT2D eigenvalue weighted by Crippen LogP contribution is 2.20. The molecule has 1 aromatic rings. The Hall–Kier alpha value is -1.57. The van der Waals surface area contributed by atoms with E-state index in [-0.39, 0.29) is 6.10 Å². The molecule has 1 atom stereocenters. The van der Waals surface area contributed by atoms with Gasteiger partial charge in [0.05, 0.1) is 12.7 Å². The summed E-state index contributed by atoms with van der Waals surface area (Å²) >= 11 is 0. The van der Waals surface area contributed by atoms with Gasteiger partial charge in [0.15, 0.2) is 0 Å². The van der Waals surface area contributed by atoms with Gasteiger partial charge in [-0.05, 0) is 5.56 Å². The lowest BCUT2D eigenvalue weighted by Crippen LogP contribution is -2.18. The van der Waals surface area contributed by atoms with Crippen molar-refractivity contribution in [2.45, 2.75) is 33.0 Å². The molecule has 0 N–H and O–H groups in total. The van der Waals surface area contributed by atoms with Crippen LogP contribution in [0.5, 0.6) is 0 Å². The minimum absolute atomic E-state index is 0.113. The lowest BCUT2D eigenvalue weighted by molar-refractivity contribution is 0.0485. The average molecular weight is 247 g/mol. The van der Waals surface area contributed by atoms with Crippen LogP contribution in [-0.2, 0) is 16.1 Å². The molecule has 0 radical (unpaired) electrons. The van der Waals surface area contributed by atoms with Crippen molar-refractivity contribution < 1.29 is 9.53 Å². The molecule has 0 bridgehead atoms. The predicted octanol–water partition coefficient (Wildman–Crippen LogP) is 2.65. The zero-order valence-electron chi connectivity index (χ0n) is 11.3. The van der Waals surface area contributed by atoms with Gasteiger partial charge in [-0.1, -0.05) is 44.2 Å². The van der Waals surface area contributed by atoms with E-state index >= 15 is 0 Å². The molecule has 1 heterocycles. The first kappa shape index (κ1) is 14.5. The zero-order chi connectivity index (χ0) is 13.4. The summed E-state index contributed by atoms with van der Waals surface area (Å²) in [5.41, 5.74) is 1.87. The monoisotopic (exact) mass is 247 g/mol. The van der Waals surface area contributed by atoms with Gasteiger partial charge < -0.3 is 9.64 Å². The van der Waals surface area contributed by atoms with Crippen molar-refractivity contribution in [2.24, 2.45) is 0 Å². The fourth-order valence-corrected chi connectivity index (χ4v) is 1.87. The number of likely N-dealkylation sites (N-methyl/N-ethyl adjacent to an activating group) is 1. The third-order valence-electron chi connectivity index (χ3n) is 2.81. The number of likely N-dealkylation sites (tertiary alicyclic amines) is 1. The van der Waals surface area contributed by atoms with Crippen molar-refractivity contribution in [3.05, 3.63) is 41.6 Å². The predicted molar refractivity (Wildman–Crippen MR) is 72.8 cm³/mol. The summed E-state index contributed by atoms with van der Waals surface area (Å²) < 4.78 is 5.75.